The van der Waals surface area contributed by atoms with Gasteiger partial charge in [-0.1, -0.05) is 30.8 Å². The van der Waals surface area contributed by atoms with E-state index in [-0.39, 0.29) is 44.7 Å². The molecule has 2 saturated heterocycles. The number of ether oxygens (including phenoxy) is 2. The third kappa shape index (κ3) is 6.37. The molecule has 0 unspecified atom stereocenters. The van der Waals surface area contributed by atoms with Crippen molar-refractivity contribution in [3.63, 3.8) is 0 Å². The van der Waals surface area contributed by atoms with Crippen molar-refractivity contribution in [1.82, 2.24) is 19.8 Å². The lowest BCUT2D eigenvalue weighted by Crippen LogP contribution is -2.57. The summed E-state index contributed by atoms with van der Waals surface area (Å²) in [6.45, 7) is 12.7. The van der Waals surface area contributed by atoms with Crippen molar-refractivity contribution in [3.05, 3.63) is 82.6 Å². The van der Waals surface area contributed by atoms with Crippen LogP contribution in [0.2, 0.25) is 0 Å². The molecular formula is C33H34F4N6O3. The van der Waals surface area contributed by atoms with Gasteiger partial charge in [-0.05, 0) is 54.9 Å². The molecule has 0 saturated carbocycles. The van der Waals surface area contributed by atoms with E-state index in [0.717, 1.165) is 31.5 Å². The highest BCUT2D eigenvalue weighted by molar-refractivity contribution is 5.91. The number of benzene rings is 2. The summed E-state index contributed by atoms with van der Waals surface area (Å²) in [4.78, 5) is 31.0. The molecule has 6 rings (SSSR count). The van der Waals surface area contributed by atoms with Crippen molar-refractivity contribution < 1.29 is 31.8 Å². The van der Waals surface area contributed by atoms with Crippen LogP contribution in [0.3, 0.4) is 0 Å². The molecule has 46 heavy (non-hydrogen) atoms. The molecule has 0 radical (unpaired) electrons. The van der Waals surface area contributed by atoms with Gasteiger partial charge >= 0.3 is 12.2 Å². The molecule has 4 heterocycles. The Kier molecular flexibility index (Phi) is 8.85. The fraction of sp³-hybridized carbons (Fsp3) is 0.455. The number of rotatable bonds is 7. The van der Waals surface area contributed by atoms with Crippen molar-refractivity contribution in [1.29, 1.82) is 0 Å². The van der Waals surface area contributed by atoms with Crippen molar-refractivity contribution >= 4 is 22.5 Å². The third-order valence-corrected chi connectivity index (χ3v) is 9.10. The SMILES string of the molecule is [C-]#[N+]C[C@H]1CN(c2nc(OC[C@@H]3CCCN3C)nc3c2CO[C@H](c2cccc4ccc(C(F)(F)F)cc24)C3)CCN1C(=O)C(=C)F. The fourth-order valence-electron chi connectivity index (χ4n) is 6.60. The Hall–Kier alpha value is -4.28. The standard InChI is InChI=1S/C33H34F4N6O3/c1-20(34)31(44)43-13-12-42(17-24(43)16-38-2)30-27-19-45-29(15-28(27)39-32(40-30)46-18-23-7-5-11-41(23)3)25-8-4-6-21-9-10-22(14-26(21)25)33(35,36)37/h4,6,8-10,14,23-24,29H,1,5,7,11-13,15-19H2,3H3/t23-,24-,29-/m0/s1. The van der Waals surface area contributed by atoms with E-state index in [2.05, 4.69) is 16.3 Å². The van der Waals surface area contributed by atoms with Crippen molar-refractivity contribution in [2.75, 3.05) is 51.3 Å². The van der Waals surface area contributed by atoms with Gasteiger partial charge in [-0.3, -0.25) is 4.79 Å². The lowest BCUT2D eigenvalue weighted by atomic mass is 9.93. The quantitative estimate of drug-likeness (QED) is 0.196. The molecule has 3 aromatic rings. The van der Waals surface area contributed by atoms with Gasteiger partial charge in [0.05, 0.1) is 24.0 Å². The van der Waals surface area contributed by atoms with Gasteiger partial charge in [0, 0.05) is 37.7 Å². The maximum Gasteiger partial charge on any atom is 0.416 e. The first-order valence-electron chi connectivity index (χ1n) is 15.2. The molecule has 0 aliphatic carbocycles. The molecule has 13 heteroatoms. The van der Waals surface area contributed by atoms with Gasteiger partial charge in [0.2, 0.25) is 6.54 Å². The molecule has 9 nitrogen and oxygen atoms in total. The average Bonchev–Trinajstić information content (AvgIpc) is 3.46. The van der Waals surface area contributed by atoms with E-state index in [4.69, 9.17) is 26.0 Å². The summed E-state index contributed by atoms with van der Waals surface area (Å²) in [6.07, 6.45) is -2.74. The summed E-state index contributed by atoms with van der Waals surface area (Å²) in [6, 6.07) is 8.83. The number of carbonyl (C=O) groups excluding carboxylic acids is 1. The summed E-state index contributed by atoms with van der Waals surface area (Å²) in [5, 5.41) is 1.13. The van der Waals surface area contributed by atoms with Crippen molar-refractivity contribution in [2.45, 2.75) is 50.2 Å². The number of likely N-dealkylation sites (N-methyl/N-ethyl adjacent to an activating group) is 1. The summed E-state index contributed by atoms with van der Waals surface area (Å²) in [5.41, 5.74) is 1.25. The zero-order chi connectivity index (χ0) is 32.6. The minimum atomic E-state index is -4.49. The molecule has 2 fully saturated rings. The molecule has 1 amide bonds. The van der Waals surface area contributed by atoms with E-state index in [1.165, 1.54) is 11.0 Å². The maximum atomic E-state index is 13.8. The Morgan fingerprint density at radius 1 is 1.17 bits per heavy atom. The fourth-order valence-corrected chi connectivity index (χ4v) is 6.60. The third-order valence-electron chi connectivity index (χ3n) is 9.10. The molecule has 3 aliphatic rings. The van der Waals surface area contributed by atoms with E-state index in [0.29, 0.717) is 46.6 Å². The van der Waals surface area contributed by atoms with Crippen LogP contribution in [0.4, 0.5) is 23.4 Å². The Bertz CT molecular complexity index is 1690. The first kappa shape index (κ1) is 31.7. The number of fused-ring (bicyclic) bond motifs is 2. The van der Waals surface area contributed by atoms with Crippen LogP contribution >= 0.6 is 0 Å². The minimum absolute atomic E-state index is 0.0280. The van der Waals surface area contributed by atoms with Crippen LogP contribution in [-0.2, 0) is 28.7 Å². The normalized spacial score (nSPS) is 22.0. The summed E-state index contributed by atoms with van der Waals surface area (Å²) in [5.74, 6) is -1.38. The van der Waals surface area contributed by atoms with E-state index < -0.39 is 35.6 Å². The second-order valence-corrected chi connectivity index (χ2v) is 12.0. The Labute approximate surface area is 264 Å². The van der Waals surface area contributed by atoms with E-state index in [1.54, 1.807) is 18.2 Å². The molecule has 3 atom stereocenters. The van der Waals surface area contributed by atoms with E-state index in [1.807, 2.05) is 11.9 Å². The number of amides is 1. The number of aromatic nitrogens is 2. The smallest absolute Gasteiger partial charge is 0.416 e. The molecular weight excluding hydrogens is 604 g/mol. The van der Waals surface area contributed by atoms with Crippen molar-refractivity contribution in [2.24, 2.45) is 0 Å². The van der Waals surface area contributed by atoms with Crippen LogP contribution in [0.5, 0.6) is 6.01 Å². The topological polar surface area (TPSA) is 75.4 Å². The predicted octanol–water partition coefficient (Wildman–Crippen LogP) is 5.36. The van der Waals surface area contributed by atoms with Gasteiger partial charge in [-0.2, -0.15) is 23.1 Å². The molecule has 242 valence electrons. The minimum Gasteiger partial charge on any atom is -0.462 e. The number of hydrogen-bond donors (Lipinski definition) is 0. The van der Waals surface area contributed by atoms with Crippen LogP contribution in [0.15, 0.2) is 48.8 Å². The molecule has 0 N–H and O–H groups in total. The lowest BCUT2D eigenvalue weighted by Gasteiger charge is -2.40. The Morgan fingerprint density at radius 3 is 2.72 bits per heavy atom. The van der Waals surface area contributed by atoms with Gasteiger partial charge in [0.25, 0.3) is 5.91 Å². The molecule has 3 aliphatic heterocycles. The molecule has 0 bridgehead atoms. The number of piperazine rings is 1. The number of likely N-dealkylation sites (tertiary alicyclic amines) is 1. The number of nitrogens with zero attached hydrogens (tertiary/aromatic N) is 6. The van der Waals surface area contributed by atoms with Gasteiger partial charge in [0.1, 0.15) is 18.5 Å². The van der Waals surface area contributed by atoms with E-state index >= 15 is 0 Å². The largest absolute Gasteiger partial charge is 0.462 e. The number of carbonyl (C=O) groups is 1. The highest BCUT2D eigenvalue weighted by Gasteiger charge is 2.37. The monoisotopic (exact) mass is 638 g/mol. The lowest BCUT2D eigenvalue weighted by molar-refractivity contribution is -0.137. The number of hydrogen-bond acceptors (Lipinski definition) is 7. The second-order valence-electron chi connectivity index (χ2n) is 12.0. The first-order valence-corrected chi connectivity index (χ1v) is 15.2. The van der Waals surface area contributed by atoms with Crippen LogP contribution in [-0.4, -0.2) is 84.1 Å². The molecule has 0 spiro atoms. The van der Waals surface area contributed by atoms with Gasteiger partial charge in [0.15, 0.2) is 5.83 Å². The molecule has 1 aromatic heterocycles. The highest BCUT2D eigenvalue weighted by Crippen LogP contribution is 2.39. The average molecular weight is 639 g/mol. The Morgan fingerprint density at radius 2 is 2.00 bits per heavy atom. The number of halogens is 4. The van der Waals surface area contributed by atoms with E-state index in [9.17, 15) is 22.4 Å². The van der Waals surface area contributed by atoms with Gasteiger partial charge in [-0.15, -0.1) is 0 Å². The van der Waals surface area contributed by atoms with Crippen LogP contribution in [0, 0.1) is 6.57 Å². The zero-order valence-corrected chi connectivity index (χ0v) is 25.4. The van der Waals surface area contributed by atoms with Crippen molar-refractivity contribution in [3.8, 4) is 6.01 Å². The first-order chi connectivity index (χ1) is 22.0. The Balaban J connectivity index is 1.34. The van der Waals surface area contributed by atoms with Crippen LogP contribution in [0.1, 0.15) is 41.3 Å². The van der Waals surface area contributed by atoms with Gasteiger partial charge in [-0.25, -0.2) is 11.0 Å². The highest BCUT2D eigenvalue weighted by atomic mass is 19.4. The summed E-state index contributed by atoms with van der Waals surface area (Å²) >= 11 is 0. The summed E-state index contributed by atoms with van der Waals surface area (Å²) in [7, 11) is 2.04. The number of anilines is 1. The summed E-state index contributed by atoms with van der Waals surface area (Å²) < 4.78 is 67.1. The maximum absolute atomic E-state index is 13.8. The number of alkyl halides is 3. The zero-order valence-electron chi connectivity index (χ0n) is 25.4. The van der Waals surface area contributed by atoms with Gasteiger partial charge < -0.3 is 29.0 Å². The van der Waals surface area contributed by atoms with Crippen LogP contribution < -0.4 is 9.64 Å². The predicted molar refractivity (Wildman–Crippen MR) is 163 cm³/mol. The second kappa shape index (κ2) is 12.8. The van der Waals surface area contributed by atoms with Crippen LogP contribution in [0.25, 0.3) is 15.6 Å². The molecule has 2 aromatic carbocycles.